The molecule has 0 bridgehead atoms. The molecular weight excluding hydrogens is 161 g/mol. The van der Waals surface area contributed by atoms with Gasteiger partial charge in [-0.15, -0.1) is 0 Å². The van der Waals surface area contributed by atoms with E-state index in [2.05, 4.69) is 0 Å². The van der Waals surface area contributed by atoms with Gasteiger partial charge in [-0.05, 0) is 13.0 Å². The minimum Gasteiger partial charge on any atom is -0.394 e. The van der Waals surface area contributed by atoms with Gasteiger partial charge in [-0.2, -0.15) is 0 Å². The lowest BCUT2D eigenvalue weighted by atomic mass is 10.3. The molecule has 0 saturated heterocycles. The lowest BCUT2D eigenvalue weighted by molar-refractivity contribution is 0.0742. The Morgan fingerprint density at radius 3 is 2.67 bits per heavy atom. The second-order valence-corrected chi connectivity index (χ2v) is 2.72. The van der Waals surface area contributed by atoms with Crippen LogP contribution in [-0.4, -0.2) is 48.1 Å². The quantitative estimate of drug-likeness (QED) is 0.628. The number of aliphatic hydroxyl groups excluding tert-OH is 2. The normalized spacial score (nSPS) is 14.6. The molecule has 0 amide bonds. The van der Waals surface area contributed by atoms with Crippen LogP contribution in [0.15, 0.2) is 11.8 Å². The molecule has 0 aromatic rings. The first-order valence-electron chi connectivity index (χ1n) is 3.84. The van der Waals surface area contributed by atoms with Crippen LogP contribution in [-0.2, 0) is 0 Å². The Balaban J connectivity index is 3.86. The fraction of sp³-hybridized carbons (Fsp3) is 0.750. The van der Waals surface area contributed by atoms with Crippen molar-refractivity contribution in [2.75, 3.05) is 26.9 Å². The zero-order chi connectivity index (χ0) is 9.56. The molecule has 3 nitrogen and oxygen atoms in total. The minimum atomic E-state index is -0.766. The fourth-order valence-electron chi connectivity index (χ4n) is 0.785. The van der Waals surface area contributed by atoms with Gasteiger partial charge in [-0.3, -0.25) is 0 Å². The second-order valence-electron chi connectivity index (χ2n) is 2.72. The Morgan fingerprint density at radius 1 is 1.67 bits per heavy atom. The Morgan fingerprint density at radius 2 is 2.25 bits per heavy atom. The summed E-state index contributed by atoms with van der Waals surface area (Å²) in [6, 6.07) is 0. The summed E-state index contributed by atoms with van der Waals surface area (Å²) in [4.78, 5) is 1.69. The van der Waals surface area contributed by atoms with E-state index in [9.17, 15) is 4.39 Å². The lowest BCUT2D eigenvalue weighted by Crippen LogP contribution is -2.30. The van der Waals surface area contributed by atoms with Crippen molar-refractivity contribution in [3.8, 4) is 0 Å². The van der Waals surface area contributed by atoms with E-state index >= 15 is 0 Å². The van der Waals surface area contributed by atoms with Gasteiger partial charge in [0, 0.05) is 19.3 Å². The van der Waals surface area contributed by atoms with Gasteiger partial charge in [0.15, 0.2) is 0 Å². The van der Waals surface area contributed by atoms with Gasteiger partial charge >= 0.3 is 0 Å². The number of hydrogen-bond acceptors (Lipinski definition) is 3. The molecule has 0 heterocycles. The van der Waals surface area contributed by atoms with Gasteiger partial charge in [0.2, 0.25) is 0 Å². The smallest absolute Gasteiger partial charge is 0.110 e. The first-order valence-corrected chi connectivity index (χ1v) is 3.84. The number of hydrogen-bond donors (Lipinski definition) is 2. The van der Waals surface area contributed by atoms with Crippen LogP contribution in [0.4, 0.5) is 4.39 Å². The Kier molecular flexibility index (Phi) is 5.66. The van der Waals surface area contributed by atoms with Crippen LogP contribution in [0.25, 0.3) is 0 Å². The first-order chi connectivity index (χ1) is 5.61. The van der Waals surface area contributed by atoms with E-state index in [1.54, 1.807) is 18.9 Å². The average molecular weight is 177 g/mol. The van der Waals surface area contributed by atoms with Gasteiger partial charge in [0.05, 0.1) is 12.7 Å². The zero-order valence-electron chi connectivity index (χ0n) is 7.50. The van der Waals surface area contributed by atoms with Crippen LogP contribution in [0.2, 0.25) is 0 Å². The zero-order valence-corrected chi connectivity index (χ0v) is 7.50. The molecule has 0 rings (SSSR count). The molecule has 0 aliphatic heterocycles. The van der Waals surface area contributed by atoms with E-state index in [1.807, 2.05) is 0 Å². The summed E-state index contributed by atoms with van der Waals surface area (Å²) in [5.41, 5.74) is 0.755. The van der Waals surface area contributed by atoms with Gasteiger partial charge in [-0.1, -0.05) is 0 Å². The summed E-state index contributed by atoms with van der Waals surface area (Å²) >= 11 is 0. The van der Waals surface area contributed by atoms with Crippen molar-refractivity contribution in [2.45, 2.75) is 13.0 Å². The van der Waals surface area contributed by atoms with Gasteiger partial charge < -0.3 is 15.1 Å². The Hall–Kier alpha value is -0.610. The van der Waals surface area contributed by atoms with Crippen molar-refractivity contribution < 1.29 is 14.6 Å². The summed E-state index contributed by atoms with van der Waals surface area (Å²) < 4.78 is 11.8. The highest BCUT2D eigenvalue weighted by atomic mass is 19.1. The topological polar surface area (TPSA) is 43.7 Å². The van der Waals surface area contributed by atoms with E-state index in [4.69, 9.17) is 10.2 Å². The highest BCUT2D eigenvalue weighted by Crippen LogP contribution is 2.00. The van der Waals surface area contributed by atoms with Gasteiger partial charge in [0.25, 0.3) is 0 Å². The fourth-order valence-corrected chi connectivity index (χ4v) is 0.785. The molecule has 0 aromatic carbocycles. The van der Waals surface area contributed by atoms with Crippen LogP contribution in [0.1, 0.15) is 6.92 Å². The summed E-state index contributed by atoms with van der Waals surface area (Å²) in [7, 11) is 1.74. The maximum absolute atomic E-state index is 11.8. The number of likely N-dealkylation sites (N-methyl/N-ethyl adjacent to an activating group) is 1. The molecule has 4 heteroatoms. The highest BCUT2D eigenvalue weighted by molar-refractivity contribution is 4.96. The van der Waals surface area contributed by atoms with Crippen molar-refractivity contribution >= 4 is 0 Å². The number of alkyl halides is 1. The molecule has 1 atom stereocenters. The summed E-state index contributed by atoms with van der Waals surface area (Å²) in [5.74, 6) is 0. The lowest BCUT2D eigenvalue weighted by Gasteiger charge is -2.21. The van der Waals surface area contributed by atoms with Gasteiger partial charge in [-0.25, -0.2) is 4.39 Å². The maximum atomic E-state index is 11.8. The standard InChI is InChI=1S/C8H16FNO2/c1-7(3-4-9)10(2)5-8(12)6-11/h3,8,11-12H,4-6H2,1-2H3/b7-3+/t8-/m1/s1. The molecule has 72 valence electrons. The molecular formula is C8H16FNO2. The highest BCUT2D eigenvalue weighted by Gasteiger charge is 2.06. The van der Waals surface area contributed by atoms with Crippen molar-refractivity contribution in [1.82, 2.24) is 4.90 Å². The average Bonchev–Trinajstić information content (AvgIpc) is 2.04. The molecule has 0 aliphatic rings. The third-order valence-electron chi connectivity index (χ3n) is 1.67. The third-order valence-corrected chi connectivity index (χ3v) is 1.67. The van der Waals surface area contributed by atoms with Crippen molar-refractivity contribution in [3.05, 3.63) is 11.8 Å². The molecule has 0 unspecified atom stereocenters. The third kappa shape index (κ3) is 4.31. The molecule has 0 aliphatic carbocycles. The largest absolute Gasteiger partial charge is 0.394 e. The predicted molar refractivity (Wildman–Crippen MR) is 45.5 cm³/mol. The monoisotopic (exact) mass is 177 g/mol. The van der Waals surface area contributed by atoms with Crippen molar-refractivity contribution in [1.29, 1.82) is 0 Å². The van der Waals surface area contributed by atoms with Crippen molar-refractivity contribution in [3.63, 3.8) is 0 Å². The van der Waals surface area contributed by atoms with Crippen LogP contribution in [0, 0.1) is 0 Å². The molecule has 2 N–H and O–H groups in total. The number of halogens is 1. The van der Waals surface area contributed by atoms with Crippen LogP contribution < -0.4 is 0 Å². The van der Waals surface area contributed by atoms with E-state index in [1.165, 1.54) is 6.08 Å². The molecule has 0 aromatic heterocycles. The van der Waals surface area contributed by atoms with Gasteiger partial charge in [0.1, 0.15) is 6.67 Å². The van der Waals surface area contributed by atoms with E-state index < -0.39 is 12.8 Å². The number of aliphatic hydroxyl groups is 2. The van der Waals surface area contributed by atoms with Crippen LogP contribution >= 0.6 is 0 Å². The summed E-state index contributed by atoms with van der Waals surface area (Å²) in [6.07, 6.45) is 0.655. The SMILES string of the molecule is C/C(=C\CF)N(C)C[C@@H](O)CO. The number of allylic oxidation sites excluding steroid dienone is 2. The Bertz CT molecular complexity index is 150. The molecule has 12 heavy (non-hydrogen) atoms. The summed E-state index contributed by atoms with van der Waals surface area (Å²) in [5, 5.41) is 17.6. The molecule has 0 saturated carbocycles. The van der Waals surface area contributed by atoms with Crippen LogP contribution in [0.3, 0.4) is 0 Å². The summed E-state index contributed by atoms with van der Waals surface area (Å²) in [6.45, 7) is 1.29. The number of nitrogens with zero attached hydrogens (tertiary/aromatic N) is 1. The predicted octanol–water partition coefficient (Wildman–Crippen LogP) is 0.145. The number of rotatable bonds is 5. The molecule has 0 fully saturated rings. The van der Waals surface area contributed by atoms with E-state index in [0.717, 1.165) is 5.70 Å². The Labute approximate surface area is 72.1 Å². The van der Waals surface area contributed by atoms with E-state index in [0.29, 0.717) is 6.54 Å². The minimum absolute atomic E-state index is 0.271. The first kappa shape index (κ1) is 11.4. The second kappa shape index (κ2) is 5.97. The van der Waals surface area contributed by atoms with E-state index in [-0.39, 0.29) is 6.61 Å². The molecule has 0 radical (unpaired) electrons. The van der Waals surface area contributed by atoms with Crippen LogP contribution in [0.5, 0.6) is 0 Å². The van der Waals surface area contributed by atoms with Crippen molar-refractivity contribution in [2.24, 2.45) is 0 Å². The molecule has 0 spiro atoms. The maximum Gasteiger partial charge on any atom is 0.110 e.